The van der Waals surface area contributed by atoms with E-state index in [1.165, 1.54) is 14.2 Å². The second-order valence-corrected chi connectivity index (χ2v) is 7.13. The van der Waals surface area contributed by atoms with Crippen molar-refractivity contribution in [2.45, 2.75) is 13.8 Å². The zero-order valence-electron chi connectivity index (χ0n) is 19.0. The van der Waals surface area contributed by atoms with E-state index in [4.69, 9.17) is 23.7 Å². The van der Waals surface area contributed by atoms with Crippen LogP contribution >= 0.6 is 8.58 Å². The molecule has 0 radical (unpaired) electrons. The number of hydrogen-bond acceptors (Lipinski definition) is 6. The molecule has 6 nitrogen and oxygen atoms in total. The van der Waals surface area contributed by atoms with Crippen LogP contribution in [0.1, 0.15) is 24.3 Å². The molecule has 0 amide bonds. The van der Waals surface area contributed by atoms with Gasteiger partial charge < -0.3 is 25.1 Å². The summed E-state index contributed by atoms with van der Waals surface area (Å²) in [7, 11) is 4.53. The van der Waals surface area contributed by atoms with Gasteiger partial charge in [-0.1, -0.05) is 6.07 Å². The average Bonchev–Trinajstić information content (AvgIpc) is 2.71. The molecule has 0 bridgehead atoms. The molecule has 0 N–H and O–H groups in total. The van der Waals surface area contributed by atoms with Gasteiger partial charge in [-0.2, -0.15) is 0 Å². The number of aryl methyl sites for hydroxylation is 1. The molecule has 0 aliphatic heterocycles. The molecular weight excluding hydrogens is 386 g/mol. The van der Waals surface area contributed by atoms with Crippen molar-refractivity contribution in [2.75, 3.05) is 41.2 Å². The minimum atomic E-state index is -0.0705. The van der Waals surface area contributed by atoms with Crippen molar-refractivity contribution in [1.29, 1.82) is 0 Å². The minimum Gasteiger partial charge on any atom is -1.00 e. The van der Waals surface area contributed by atoms with Gasteiger partial charge in [-0.3, -0.25) is 4.79 Å². The number of methoxy groups -OCH3 is 3. The van der Waals surface area contributed by atoms with Gasteiger partial charge in [-0.25, -0.2) is 0 Å². The molecule has 0 aromatic heterocycles. The normalized spacial score (nSPS) is 10.5. The monoisotopic (exact) mass is 414 g/mol. The molecule has 8 heteroatoms. The molecule has 2 aromatic carbocycles. The Hall–Kier alpha value is -1.70. The van der Waals surface area contributed by atoms with Crippen LogP contribution < -0.4 is 43.1 Å². The first kappa shape index (κ1) is 25.3. The average molecular weight is 414 g/mol. The van der Waals surface area contributed by atoms with Gasteiger partial charge in [0.2, 0.25) is 0 Å². The van der Waals surface area contributed by atoms with Crippen LogP contribution in [0.5, 0.6) is 23.0 Å². The van der Waals surface area contributed by atoms with Crippen LogP contribution in [0.2, 0.25) is 0 Å². The van der Waals surface area contributed by atoms with Crippen molar-refractivity contribution in [3.05, 3.63) is 41.5 Å². The van der Waals surface area contributed by atoms with Gasteiger partial charge in [-0.15, -0.1) is 0 Å². The third-order valence-corrected chi connectivity index (χ3v) is 5.40. The van der Waals surface area contributed by atoms with E-state index in [0.29, 0.717) is 42.6 Å². The summed E-state index contributed by atoms with van der Waals surface area (Å²) in [6, 6.07) is 9.09. The molecule has 0 spiro atoms. The first-order valence-corrected chi connectivity index (χ1v) is 9.96. The van der Waals surface area contributed by atoms with Crippen molar-refractivity contribution < 1.29 is 48.8 Å². The van der Waals surface area contributed by atoms with Crippen molar-refractivity contribution >= 4 is 19.4 Å². The minimum absolute atomic E-state index is 0. The Balaban J connectivity index is 0.00000420. The second kappa shape index (κ2) is 12.8. The largest absolute Gasteiger partial charge is 1.00 e. The van der Waals surface area contributed by atoms with E-state index in [-0.39, 0.29) is 34.4 Å². The first-order chi connectivity index (χ1) is 13.5. The van der Waals surface area contributed by atoms with Crippen molar-refractivity contribution in [3.8, 4) is 23.0 Å². The maximum Gasteiger partial charge on any atom is 1.00 e. The number of ether oxygens (including phenoxy) is 5. The number of benzene rings is 2. The molecule has 1 atom stereocenters. The van der Waals surface area contributed by atoms with E-state index in [1.54, 1.807) is 19.2 Å². The Morgan fingerprint density at radius 2 is 1.62 bits per heavy atom. The summed E-state index contributed by atoms with van der Waals surface area (Å²) < 4.78 is 27.0. The zero-order chi connectivity index (χ0) is 20.5. The molecule has 2 aromatic rings. The third-order valence-electron chi connectivity index (χ3n) is 4.09. The van der Waals surface area contributed by atoms with Gasteiger partial charge in [-0.05, 0) is 45.4 Å². The van der Waals surface area contributed by atoms with Crippen molar-refractivity contribution in [1.82, 2.24) is 0 Å². The molecular formula is C21H28LiO6P. The Labute approximate surface area is 187 Å². The van der Waals surface area contributed by atoms with Crippen molar-refractivity contribution in [2.24, 2.45) is 0 Å². The fraction of sp³-hybridized carbons (Fsp3) is 0.381. The summed E-state index contributed by atoms with van der Waals surface area (Å²) in [6.07, 6.45) is 0. The maximum atomic E-state index is 13.0. The molecule has 0 saturated heterocycles. The molecule has 29 heavy (non-hydrogen) atoms. The van der Waals surface area contributed by atoms with E-state index in [2.05, 4.69) is 0 Å². The Morgan fingerprint density at radius 1 is 0.966 bits per heavy atom. The summed E-state index contributed by atoms with van der Waals surface area (Å²) in [5, 5.41) is 0.946. The number of carbonyl (C=O) groups excluding carboxylic acids is 1. The van der Waals surface area contributed by atoms with Crippen LogP contribution in [-0.2, 0) is 4.74 Å². The third kappa shape index (κ3) is 6.94. The molecule has 2 rings (SSSR count). The van der Waals surface area contributed by atoms with Crippen LogP contribution in [0.25, 0.3) is 0 Å². The van der Waals surface area contributed by atoms with Crippen molar-refractivity contribution in [3.63, 3.8) is 0 Å². The topological polar surface area (TPSA) is 63.2 Å². The van der Waals surface area contributed by atoms with E-state index >= 15 is 0 Å². The Kier molecular flexibility index (Phi) is 11.2. The van der Waals surface area contributed by atoms with Crippen LogP contribution in [-0.4, -0.2) is 46.7 Å². The Morgan fingerprint density at radius 3 is 2.14 bits per heavy atom. The van der Waals surface area contributed by atoms with Gasteiger partial charge >= 0.3 is 18.9 Å². The summed E-state index contributed by atoms with van der Waals surface area (Å²) >= 11 is 0. The summed E-state index contributed by atoms with van der Waals surface area (Å²) in [4.78, 5) is 13.0. The van der Waals surface area contributed by atoms with E-state index < -0.39 is 0 Å². The number of hydrogen-bond donors (Lipinski definition) is 0. The summed E-state index contributed by atoms with van der Waals surface area (Å²) in [5.74, 6) is 2.19. The smallest absolute Gasteiger partial charge is 1.00 e. The van der Waals surface area contributed by atoms with E-state index in [9.17, 15) is 4.79 Å². The maximum absolute atomic E-state index is 13.0. The number of carbonyl (C=O) groups is 1. The van der Waals surface area contributed by atoms with Gasteiger partial charge in [0.15, 0.2) is 5.52 Å². The molecule has 0 aliphatic carbocycles. The van der Waals surface area contributed by atoms with Crippen LogP contribution in [0, 0.1) is 6.92 Å². The fourth-order valence-electron chi connectivity index (χ4n) is 2.64. The summed E-state index contributed by atoms with van der Waals surface area (Å²) in [6.45, 7) is 5.63. The zero-order valence-corrected chi connectivity index (χ0v) is 19.0. The predicted octanol–water partition coefficient (Wildman–Crippen LogP) is 0.697. The van der Waals surface area contributed by atoms with E-state index in [0.717, 1.165) is 16.6 Å². The second-order valence-electron chi connectivity index (χ2n) is 5.88. The Bertz CT molecular complexity index is 793. The quantitative estimate of drug-likeness (QED) is 0.307. The van der Waals surface area contributed by atoms with Crippen LogP contribution in [0.4, 0.5) is 0 Å². The van der Waals surface area contributed by atoms with Gasteiger partial charge in [0, 0.05) is 18.7 Å². The molecule has 154 valence electrons. The van der Waals surface area contributed by atoms with E-state index in [1.807, 2.05) is 32.0 Å². The predicted molar refractivity (Wildman–Crippen MR) is 113 cm³/mol. The molecule has 1 unspecified atom stereocenters. The van der Waals surface area contributed by atoms with Gasteiger partial charge in [0.25, 0.3) is 0 Å². The fourth-order valence-corrected chi connectivity index (χ4v) is 3.70. The SMILES string of the molecule is CCOCCOc1ccc(PC(=O)c2c(OC)cc(OC)cc2OC)c(C)c1.[H-].[Li+]. The number of rotatable bonds is 11. The first-order valence-electron chi connectivity index (χ1n) is 8.96. The molecule has 0 aliphatic rings. The molecule has 0 saturated carbocycles. The molecule has 0 fully saturated rings. The van der Waals surface area contributed by atoms with Crippen LogP contribution in [0.3, 0.4) is 0 Å². The molecule has 0 heterocycles. The summed E-state index contributed by atoms with van der Waals surface area (Å²) in [5.41, 5.74) is 1.34. The van der Waals surface area contributed by atoms with Gasteiger partial charge in [0.1, 0.15) is 35.2 Å². The van der Waals surface area contributed by atoms with Crippen LogP contribution in [0.15, 0.2) is 30.3 Å². The standard InChI is InChI=1S/C21H27O6P.Li.H/c1-6-26-9-10-27-15-7-8-19(14(2)11-15)28-21(22)20-17(24-4)12-16(23-3)13-18(20)25-5;;/h7-8,11-13,28H,6,9-10H2,1-5H3;;/q;+1;-1. The van der Waals surface area contributed by atoms with Gasteiger partial charge in [0.05, 0.1) is 27.9 Å².